The molecule has 156 valence electrons. The maximum absolute atomic E-state index is 12.9. The highest BCUT2D eigenvalue weighted by Crippen LogP contribution is 2.24. The number of carbonyl (C=O) groups is 1. The van der Waals surface area contributed by atoms with Gasteiger partial charge < -0.3 is 9.80 Å². The summed E-state index contributed by atoms with van der Waals surface area (Å²) in [6.45, 7) is 9.52. The number of rotatable bonds is 4. The SMILES string of the molecule is CC(C)(C)c1ccc(C(=O)N2CCN(c3nc(Cc4ccccc4)ns3)CC2)cc1. The average Bonchev–Trinajstić information content (AvgIpc) is 3.22. The van der Waals surface area contributed by atoms with Gasteiger partial charge in [0.05, 0.1) is 0 Å². The number of nitrogens with zero attached hydrogens (tertiary/aromatic N) is 4. The van der Waals surface area contributed by atoms with Crippen molar-refractivity contribution in [3.8, 4) is 0 Å². The van der Waals surface area contributed by atoms with Gasteiger partial charge in [0.2, 0.25) is 5.13 Å². The normalized spacial score (nSPS) is 14.8. The van der Waals surface area contributed by atoms with Gasteiger partial charge in [0.1, 0.15) is 5.82 Å². The predicted molar refractivity (Wildman–Crippen MR) is 122 cm³/mol. The van der Waals surface area contributed by atoms with Crippen molar-refractivity contribution in [2.45, 2.75) is 32.6 Å². The van der Waals surface area contributed by atoms with E-state index in [0.29, 0.717) is 13.1 Å². The summed E-state index contributed by atoms with van der Waals surface area (Å²) in [6, 6.07) is 18.3. The Hall–Kier alpha value is -2.73. The van der Waals surface area contributed by atoms with Crippen LogP contribution in [0.3, 0.4) is 0 Å². The minimum atomic E-state index is 0.0916. The number of aromatic nitrogens is 2. The van der Waals surface area contributed by atoms with E-state index in [2.05, 4.69) is 54.3 Å². The van der Waals surface area contributed by atoms with E-state index in [4.69, 9.17) is 4.98 Å². The molecule has 0 radical (unpaired) electrons. The molecule has 1 aliphatic rings. The number of carbonyl (C=O) groups excluding carboxylic acids is 1. The molecule has 6 heteroatoms. The third-order valence-electron chi connectivity index (χ3n) is 5.50. The number of anilines is 1. The third-order valence-corrected chi connectivity index (χ3v) is 6.31. The van der Waals surface area contributed by atoms with Crippen LogP contribution < -0.4 is 4.90 Å². The van der Waals surface area contributed by atoms with Crippen molar-refractivity contribution in [3.05, 3.63) is 77.1 Å². The summed E-state index contributed by atoms with van der Waals surface area (Å²) >= 11 is 1.45. The van der Waals surface area contributed by atoms with Crippen LogP contribution in [0, 0.1) is 0 Å². The zero-order chi connectivity index (χ0) is 21.1. The third kappa shape index (κ3) is 4.70. The minimum Gasteiger partial charge on any atom is -0.343 e. The summed E-state index contributed by atoms with van der Waals surface area (Å²) in [6.07, 6.45) is 0.750. The summed E-state index contributed by atoms with van der Waals surface area (Å²) in [7, 11) is 0. The molecule has 3 aromatic rings. The van der Waals surface area contributed by atoms with E-state index < -0.39 is 0 Å². The largest absolute Gasteiger partial charge is 0.343 e. The smallest absolute Gasteiger partial charge is 0.253 e. The van der Waals surface area contributed by atoms with Crippen LogP contribution in [0.4, 0.5) is 5.13 Å². The second-order valence-corrected chi connectivity index (χ2v) is 9.49. The van der Waals surface area contributed by atoms with Gasteiger partial charge >= 0.3 is 0 Å². The van der Waals surface area contributed by atoms with Crippen molar-refractivity contribution in [2.24, 2.45) is 0 Å². The molecule has 0 atom stereocenters. The van der Waals surface area contributed by atoms with Crippen molar-refractivity contribution in [1.82, 2.24) is 14.3 Å². The van der Waals surface area contributed by atoms with Crippen molar-refractivity contribution in [3.63, 3.8) is 0 Å². The summed E-state index contributed by atoms with van der Waals surface area (Å²) in [5.41, 5.74) is 3.31. The van der Waals surface area contributed by atoms with E-state index in [0.717, 1.165) is 36.0 Å². The molecule has 1 saturated heterocycles. The maximum Gasteiger partial charge on any atom is 0.253 e. The number of benzene rings is 2. The Morgan fingerprint density at radius 3 is 2.27 bits per heavy atom. The van der Waals surface area contributed by atoms with Crippen LogP contribution in [-0.2, 0) is 11.8 Å². The first-order valence-electron chi connectivity index (χ1n) is 10.4. The number of hydrogen-bond donors (Lipinski definition) is 0. The van der Waals surface area contributed by atoms with Gasteiger partial charge in [0, 0.05) is 49.7 Å². The fraction of sp³-hybridized carbons (Fsp3) is 0.375. The fourth-order valence-electron chi connectivity index (χ4n) is 3.62. The second-order valence-electron chi connectivity index (χ2n) is 8.76. The Bertz CT molecular complexity index is 984. The Morgan fingerprint density at radius 1 is 0.967 bits per heavy atom. The molecular weight excluding hydrogens is 392 g/mol. The quantitative estimate of drug-likeness (QED) is 0.628. The molecule has 1 aromatic heterocycles. The van der Waals surface area contributed by atoms with Crippen LogP contribution in [0.1, 0.15) is 48.1 Å². The molecule has 5 nitrogen and oxygen atoms in total. The van der Waals surface area contributed by atoms with Gasteiger partial charge in [0.25, 0.3) is 5.91 Å². The van der Waals surface area contributed by atoms with Crippen molar-refractivity contribution >= 4 is 22.6 Å². The van der Waals surface area contributed by atoms with Crippen LogP contribution in [0.25, 0.3) is 0 Å². The molecule has 0 saturated carbocycles. The van der Waals surface area contributed by atoms with Crippen LogP contribution >= 0.6 is 11.5 Å². The zero-order valence-electron chi connectivity index (χ0n) is 17.8. The van der Waals surface area contributed by atoms with Gasteiger partial charge in [-0.05, 0) is 28.7 Å². The first-order valence-corrected chi connectivity index (χ1v) is 11.2. The lowest BCUT2D eigenvalue weighted by Crippen LogP contribution is -2.48. The van der Waals surface area contributed by atoms with E-state index >= 15 is 0 Å². The van der Waals surface area contributed by atoms with E-state index in [1.165, 1.54) is 22.7 Å². The number of hydrogen-bond acceptors (Lipinski definition) is 5. The topological polar surface area (TPSA) is 49.3 Å². The van der Waals surface area contributed by atoms with E-state index in [-0.39, 0.29) is 11.3 Å². The maximum atomic E-state index is 12.9. The second kappa shape index (κ2) is 8.56. The molecule has 0 bridgehead atoms. The first-order chi connectivity index (χ1) is 14.4. The molecule has 0 N–H and O–H groups in total. The van der Waals surface area contributed by atoms with Gasteiger partial charge in [-0.1, -0.05) is 63.2 Å². The first kappa shape index (κ1) is 20.5. The van der Waals surface area contributed by atoms with Crippen LogP contribution in [-0.4, -0.2) is 46.3 Å². The molecule has 2 aromatic carbocycles. The minimum absolute atomic E-state index is 0.0916. The average molecular weight is 421 g/mol. The molecule has 4 rings (SSSR count). The van der Waals surface area contributed by atoms with Gasteiger partial charge in [0.15, 0.2) is 0 Å². The number of amides is 1. The van der Waals surface area contributed by atoms with Crippen LogP contribution in [0.15, 0.2) is 54.6 Å². The highest BCUT2D eigenvalue weighted by atomic mass is 32.1. The molecular formula is C24H28N4OS. The highest BCUT2D eigenvalue weighted by Gasteiger charge is 2.24. The Morgan fingerprint density at radius 2 is 1.63 bits per heavy atom. The predicted octanol–water partition coefficient (Wildman–Crippen LogP) is 4.39. The molecule has 1 amide bonds. The molecule has 1 fully saturated rings. The zero-order valence-corrected chi connectivity index (χ0v) is 18.7. The molecule has 2 heterocycles. The highest BCUT2D eigenvalue weighted by molar-refractivity contribution is 7.09. The Labute approximate surface area is 182 Å². The Kier molecular flexibility index (Phi) is 5.86. The lowest BCUT2D eigenvalue weighted by Gasteiger charge is -2.34. The van der Waals surface area contributed by atoms with Crippen LogP contribution in [0.2, 0.25) is 0 Å². The summed E-state index contributed by atoms with van der Waals surface area (Å²) in [5.74, 6) is 0.968. The van der Waals surface area contributed by atoms with Gasteiger partial charge in [-0.2, -0.15) is 4.37 Å². The fourth-order valence-corrected chi connectivity index (χ4v) is 4.36. The van der Waals surface area contributed by atoms with Crippen molar-refractivity contribution < 1.29 is 4.79 Å². The van der Waals surface area contributed by atoms with Gasteiger partial charge in [-0.3, -0.25) is 4.79 Å². The monoisotopic (exact) mass is 420 g/mol. The van der Waals surface area contributed by atoms with Gasteiger partial charge in [-0.25, -0.2) is 4.98 Å². The summed E-state index contributed by atoms with van der Waals surface area (Å²) < 4.78 is 4.52. The lowest BCUT2D eigenvalue weighted by molar-refractivity contribution is 0.0746. The van der Waals surface area contributed by atoms with Gasteiger partial charge in [-0.15, -0.1) is 0 Å². The molecule has 0 aliphatic carbocycles. The van der Waals surface area contributed by atoms with Crippen molar-refractivity contribution in [2.75, 3.05) is 31.1 Å². The standard InChI is InChI=1S/C24H28N4OS/c1-24(2,3)20-11-9-19(10-12-20)22(29)27-13-15-28(16-14-27)23-25-21(26-30-23)17-18-7-5-4-6-8-18/h4-12H,13-17H2,1-3H3. The van der Waals surface area contributed by atoms with E-state index in [1.54, 1.807) is 0 Å². The van der Waals surface area contributed by atoms with E-state index in [9.17, 15) is 4.79 Å². The van der Waals surface area contributed by atoms with Crippen LogP contribution in [0.5, 0.6) is 0 Å². The molecule has 0 unspecified atom stereocenters. The van der Waals surface area contributed by atoms with E-state index in [1.807, 2.05) is 35.2 Å². The number of piperazine rings is 1. The molecule has 30 heavy (non-hydrogen) atoms. The Balaban J connectivity index is 1.34. The summed E-state index contributed by atoms with van der Waals surface area (Å²) in [4.78, 5) is 21.8. The van der Waals surface area contributed by atoms with Crippen molar-refractivity contribution in [1.29, 1.82) is 0 Å². The molecule has 0 spiro atoms. The lowest BCUT2D eigenvalue weighted by atomic mass is 9.86. The molecule has 1 aliphatic heterocycles. The summed E-state index contributed by atoms with van der Waals surface area (Å²) in [5, 5.41) is 0.947.